The Hall–Kier alpha value is -3.78. The third-order valence-corrected chi connectivity index (χ3v) is 5.70. The van der Waals surface area contributed by atoms with Crippen molar-refractivity contribution >= 4 is 29.9 Å². The molecule has 15 heteroatoms. The minimum Gasteiger partial charge on any atom is -0.460 e. The van der Waals surface area contributed by atoms with Crippen molar-refractivity contribution in [2.75, 3.05) is 19.8 Å². The van der Waals surface area contributed by atoms with Crippen LogP contribution in [0.3, 0.4) is 0 Å². The lowest BCUT2D eigenvalue weighted by atomic mass is 9.94. The van der Waals surface area contributed by atoms with Crippen LogP contribution in [0.25, 0.3) is 0 Å². The molecule has 1 heterocycles. The molecule has 0 saturated heterocycles. The van der Waals surface area contributed by atoms with Crippen LogP contribution in [0.2, 0.25) is 0 Å². The van der Waals surface area contributed by atoms with Crippen LogP contribution in [-0.2, 0) is 35.1 Å². The number of esters is 2. The van der Waals surface area contributed by atoms with Gasteiger partial charge in [0.1, 0.15) is 35.2 Å². The molecule has 44 heavy (non-hydrogen) atoms. The predicted molar refractivity (Wildman–Crippen MR) is 158 cm³/mol. The first-order valence-corrected chi connectivity index (χ1v) is 14.6. The number of hydrogen-bond acceptors (Lipinski definition) is 10. The third kappa shape index (κ3) is 15.1. The Bertz CT molecular complexity index is 1140. The van der Waals surface area contributed by atoms with E-state index < -0.39 is 70.2 Å². The van der Waals surface area contributed by atoms with Crippen LogP contribution >= 0.6 is 0 Å². The van der Waals surface area contributed by atoms with E-state index in [0.717, 1.165) is 4.57 Å². The second-order valence-corrected chi connectivity index (χ2v) is 13.4. The van der Waals surface area contributed by atoms with E-state index in [4.69, 9.17) is 14.2 Å². The van der Waals surface area contributed by atoms with Gasteiger partial charge < -0.3 is 34.5 Å². The van der Waals surface area contributed by atoms with Crippen molar-refractivity contribution in [1.29, 1.82) is 0 Å². The number of aromatic nitrogens is 2. The predicted octanol–water partition coefficient (Wildman–Crippen LogP) is 4.34. The minimum atomic E-state index is -1.26. The summed E-state index contributed by atoms with van der Waals surface area (Å²) in [6.07, 6.45) is 1.88. The van der Waals surface area contributed by atoms with Gasteiger partial charge in [0, 0.05) is 13.1 Å². The third-order valence-electron chi connectivity index (χ3n) is 5.70. The van der Waals surface area contributed by atoms with E-state index in [1.165, 1.54) is 17.3 Å². The van der Waals surface area contributed by atoms with Crippen molar-refractivity contribution in [1.82, 2.24) is 19.8 Å². The summed E-state index contributed by atoms with van der Waals surface area (Å²) in [5.41, 5.74) is -2.58. The van der Waals surface area contributed by atoms with Gasteiger partial charge in [-0.25, -0.2) is 14.2 Å². The van der Waals surface area contributed by atoms with Crippen molar-refractivity contribution in [3.05, 3.63) is 22.5 Å². The summed E-state index contributed by atoms with van der Waals surface area (Å²) in [5.74, 6) is -3.29. The molecule has 0 aliphatic heterocycles. The van der Waals surface area contributed by atoms with Gasteiger partial charge in [0.2, 0.25) is 0 Å². The SMILES string of the molecule is CC(C)(C)OC(=O)N[C@@H](C[C@@H](CCCN(CCCF)C(=O)Cn1ccnc1[N+](=O)[O-])C(=O)OC(C)(C)C)C(=O)OC(C)(C)C. The molecule has 1 rings (SSSR count). The average molecular weight is 630 g/mol. The first-order chi connectivity index (χ1) is 20.1. The summed E-state index contributed by atoms with van der Waals surface area (Å²) in [6, 6.07) is -1.26. The number of imidazole rings is 1. The lowest BCUT2D eigenvalue weighted by Crippen LogP contribution is -2.48. The van der Waals surface area contributed by atoms with Gasteiger partial charge in [-0.15, -0.1) is 0 Å². The van der Waals surface area contributed by atoms with Crippen LogP contribution < -0.4 is 5.32 Å². The summed E-state index contributed by atoms with van der Waals surface area (Å²) >= 11 is 0. The Balaban J connectivity index is 3.18. The van der Waals surface area contributed by atoms with Crippen molar-refractivity contribution in [2.24, 2.45) is 5.92 Å². The lowest BCUT2D eigenvalue weighted by molar-refractivity contribution is -0.396. The van der Waals surface area contributed by atoms with Crippen molar-refractivity contribution < 1.29 is 42.7 Å². The highest BCUT2D eigenvalue weighted by Crippen LogP contribution is 2.23. The molecular weight excluding hydrogens is 581 g/mol. The molecule has 2 amide bonds. The molecule has 0 spiro atoms. The highest BCUT2D eigenvalue weighted by molar-refractivity contribution is 5.83. The number of nitro groups is 1. The molecule has 0 unspecified atom stereocenters. The van der Waals surface area contributed by atoms with E-state index in [9.17, 15) is 33.7 Å². The molecule has 2 atom stereocenters. The summed E-state index contributed by atoms with van der Waals surface area (Å²) in [4.78, 5) is 67.6. The standard InChI is InChI=1S/C29H48FN5O9/c1-27(2,3)42-23(37)20(18-21(24(38)43-28(4,5)6)32-26(39)44-29(7,8)9)12-10-15-33(16-11-13-30)22(36)19-34-17-14-31-25(34)35(40)41/h14,17,20-21H,10-13,15-16,18-19H2,1-9H3,(H,32,39)/t20-,21+/m1/s1. The molecular formula is C29H48FN5O9. The zero-order chi connectivity index (χ0) is 33.9. The molecule has 0 aliphatic carbocycles. The van der Waals surface area contributed by atoms with Gasteiger partial charge >= 0.3 is 24.0 Å². The molecule has 14 nitrogen and oxygen atoms in total. The maximum atomic E-state index is 13.3. The van der Waals surface area contributed by atoms with E-state index in [-0.39, 0.29) is 45.3 Å². The summed E-state index contributed by atoms with van der Waals surface area (Å²) in [5, 5.41) is 13.7. The molecule has 0 aromatic carbocycles. The highest BCUT2D eigenvalue weighted by Gasteiger charge is 2.35. The fourth-order valence-electron chi connectivity index (χ4n) is 4.02. The number of rotatable bonds is 15. The summed E-state index contributed by atoms with van der Waals surface area (Å²) < 4.78 is 30.5. The van der Waals surface area contributed by atoms with Gasteiger partial charge in [0.15, 0.2) is 6.54 Å². The number of carbonyl (C=O) groups excluding carboxylic acids is 4. The number of alkyl carbamates (subject to hydrolysis) is 1. The van der Waals surface area contributed by atoms with Gasteiger partial charge in [-0.1, -0.05) is 4.98 Å². The van der Waals surface area contributed by atoms with Crippen LogP contribution in [0, 0.1) is 16.0 Å². The van der Waals surface area contributed by atoms with Crippen molar-refractivity contribution in [3.63, 3.8) is 0 Å². The maximum absolute atomic E-state index is 13.3. The maximum Gasteiger partial charge on any atom is 0.435 e. The number of amides is 2. The fraction of sp³-hybridized carbons (Fsp3) is 0.759. The first kappa shape index (κ1) is 38.2. The van der Waals surface area contributed by atoms with Gasteiger partial charge in [-0.05, 0) is 92.9 Å². The largest absolute Gasteiger partial charge is 0.460 e. The number of alkyl halides is 1. The summed E-state index contributed by atoms with van der Waals surface area (Å²) in [7, 11) is 0. The zero-order valence-corrected chi connectivity index (χ0v) is 27.3. The van der Waals surface area contributed by atoms with E-state index in [1.807, 2.05) is 0 Å². The Morgan fingerprint density at radius 2 is 1.50 bits per heavy atom. The average Bonchev–Trinajstić information content (AvgIpc) is 3.29. The number of nitrogens with zero attached hydrogens (tertiary/aromatic N) is 4. The quantitative estimate of drug-likeness (QED) is 0.127. The summed E-state index contributed by atoms with van der Waals surface area (Å²) in [6.45, 7) is 14.2. The fourth-order valence-corrected chi connectivity index (χ4v) is 4.02. The van der Waals surface area contributed by atoms with E-state index >= 15 is 0 Å². The van der Waals surface area contributed by atoms with Crippen molar-refractivity contribution in [3.8, 4) is 0 Å². The van der Waals surface area contributed by atoms with Gasteiger partial charge in [0.25, 0.3) is 5.91 Å². The number of ether oxygens (including phenoxy) is 3. The zero-order valence-electron chi connectivity index (χ0n) is 27.3. The highest BCUT2D eigenvalue weighted by atomic mass is 19.1. The molecule has 1 N–H and O–H groups in total. The number of nitrogens with one attached hydrogen (secondary N) is 1. The normalized spacial score (nSPS) is 13.4. The lowest BCUT2D eigenvalue weighted by Gasteiger charge is -2.29. The first-order valence-electron chi connectivity index (χ1n) is 14.6. The molecule has 0 saturated carbocycles. The van der Waals surface area contributed by atoms with Crippen LogP contribution in [-0.4, -0.2) is 85.9 Å². The second-order valence-electron chi connectivity index (χ2n) is 13.4. The number of carbonyl (C=O) groups is 4. The second kappa shape index (κ2) is 16.3. The van der Waals surface area contributed by atoms with E-state index in [0.29, 0.717) is 0 Å². The Morgan fingerprint density at radius 1 is 0.955 bits per heavy atom. The van der Waals surface area contributed by atoms with Crippen molar-refractivity contribution in [2.45, 2.75) is 117 Å². The van der Waals surface area contributed by atoms with Gasteiger partial charge in [-0.3, -0.25) is 14.0 Å². The van der Waals surface area contributed by atoms with Gasteiger partial charge in [0.05, 0.1) is 12.6 Å². The van der Waals surface area contributed by atoms with Crippen LogP contribution in [0.5, 0.6) is 0 Å². The molecule has 0 aliphatic rings. The number of halogens is 1. The smallest absolute Gasteiger partial charge is 0.435 e. The molecule has 1 aromatic rings. The Kier molecular flexibility index (Phi) is 14.2. The Morgan fingerprint density at radius 3 is 2.02 bits per heavy atom. The van der Waals surface area contributed by atoms with E-state index in [2.05, 4.69) is 10.3 Å². The molecule has 0 radical (unpaired) electrons. The van der Waals surface area contributed by atoms with Gasteiger partial charge in [-0.2, -0.15) is 0 Å². The molecule has 250 valence electrons. The molecule has 1 aromatic heterocycles. The molecule has 0 fully saturated rings. The Labute approximate surface area is 258 Å². The number of hydrogen-bond donors (Lipinski definition) is 1. The van der Waals surface area contributed by atoms with Crippen LogP contribution in [0.1, 0.15) is 88.0 Å². The molecule has 0 bridgehead atoms. The minimum absolute atomic E-state index is 0.0494. The monoisotopic (exact) mass is 629 g/mol. The topological polar surface area (TPSA) is 172 Å². The van der Waals surface area contributed by atoms with E-state index in [1.54, 1.807) is 62.3 Å². The van der Waals surface area contributed by atoms with Crippen LogP contribution in [0.15, 0.2) is 12.4 Å². The van der Waals surface area contributed by atoms with Crippen LogP contribution in [0.4, 0.5) is 15.1 Å².